The van der Waals surface area contributed by atoms with Crippen molar-refractivity contribution in [2.24, 2.45) is 13.0 Å². The van der Waals surface area contributed by atoms with Crippen LogP contribution in [0, 0.1) is 5.92 Å². The molecule has 1 aromatic heterocycles. The first-order valence-electron chi connectivity index (χ1n) is 10.6. The Hall–Kier alpha value is -1.56. The molecule has 2 aliphatic rings. The molecule has 1 aromatic carbocycles. The maximum absolute atomic E-state index is 11.2. The second kappa shape index (κ2) is 10.7. The molecule has 0 unspecified atom stereocenters. The number of hydrogen-bond donors (Lipinski definition) is 1. The number of carboxylic acid groups (broad SMARTS) is 1. The molecule has 2 heterocycles. The van der Waals surface area contributed by atoms with Crippen molar-refractivity contribution in [2.75, 3.05) is 20.1 Å². The molecule has 1 saturated heterocycles. The summed E-state index contributed by atoms with van der Waals surface area (Å²) >= 11 is 0. The lowest BCUT2D eigenvalue weighted by atomic mass is 9.81. The standard InChI is InChI=1S/C23H31N3O2.2ClH/c1-25-13-11-17(12-14-25)16-3-5-18(6-4-16)21-15-26(2)22(24-21)19-7-9-20(10-8-19)23(27)28;;/h3-6,15,17,19-20H,7-14H2,1-2H3,(H,27,28);2*1H. The molecule has 0 bridgehead atoms. The van der Waals surface area contributed by atoms with E-state index in [1.807, 2.05) is 0 Å². The normalized spacial score (nSPS) is 22.7. The van der Waals surface area contributed by atoms with Gasteiger partial charge in [-0.1, -0.05) is 24.3 Å². The third-order valence-corrected chi connectivity index (χ3v) is 6.75. The first-order valence-corrected chi connectivity index (χ1v) is 10.6. The van der Waals surface area contributed by atoms with Crippen molar-refractivity contribution < 1.29 is 9.90 Å². The molecule has 0 spiro atoms. The summed E-state index contributed by atoms with van der Waals surface area (Å²) in [5.74, 6) is 1.31. The van der Waals surface area contributed by atoms with Crippen molar-refractivity contribution in [3.63, 3.8) is 0 Å². The van der Waals surface area contributed by atoms with Crippen LogP contribution in [0.5, 0.6) is 0 Å². The molecule has 30 heavy (non-hydrogen) atoms. The average Bonchev–Trinajstić information content (AvgIpc) is 3.10. The molecule has 1 saturated carbocycles. The average molecular weight is 454 g/mol. The van der Waals surface area contributed by atoms with Gasteiger partial charge in [0, 0.05) is 24.7 Å². The molecule has 0 amide bonds. The molecule has 7 heteroatoms. The van der Waals surface area contributed by atoms with Gasteiger partial charge in [0.05, 0.1) is 11.6 Å². The Morgan fingerprint density at radius 3 is 2.10 bits per heavy atom. The maximum Gasteiger partial charge on any atom is 0.306 e. The van der Waals surface area contributed by atoms with Gasteiger partial charge in [0.2, 0.25) is 0 Å². The largest absolute Gasteiger partial charge is 0.481 e. The topological polar surface area (TPSA) is 58.4 Å². The van der Waals surface area contributed by atoms with Gasteiger partial charge in [-0.15, -0.1) is 24.8 Å². The third kappa shape index (κ3) is 5.37. The summed E-state index contributed by atoms with van der Waals surface area (Å²) in [6.07, 6.45) is 7.93. The van der Waals surface area contributed by atoms with Crippen LogP contribution in [-0.2, 0) is 11.8 Å². The van der Waals surface area contributed by atoms with Gasteiger partial charge in [0.25, 0.3) is 0 Å². The van der Waals surface area contributed by atoms with E-state index in [4.69, 9.17) is 4.98 Å². The van der Waals surface area contributed by atoms with Crippen LogP contribution in [0.3, 0.4) is 0 Å². The molecular formula is C23H33Cl2N3O2. The third-order valence-electron chi connectivity index (χ3n) is 6.75. The minimum atomic E-state index is -0.649. The quantitative estimate of drug-likeness (QED) is 0.699. The van der Waals surface area contributed by atoms with Crippen LogP contribution in [-0.4, -0.2) is 45.7 Å². The Balaban J connectivity index is 0.00000160. The number of benzene rings is 1. The number of aromatic nitrogens is 2. The number of halogens is 2. The fourth-order valence-electron chi connectivity index (χ4n) is 4.87. The molecule has 2 fully saturated rings. The lowest BCUT2D eigenvalue weighted by Crippen LogP contribution is -2.29. The Labute approximate surface area is 191 Å². The number of hydrogen-bond acceptors (Lipinski definition) is 3. The number of carboxylic acids is 1. The summed E-state index contributed by atoms with van der Waals surface area (Å²) < 4.78 is 2.13. The van der Waals surface area contributed by atoms with E-state index in [1.54, 1.807) is 0 Å². The summed E-state index contributed by atoms with van der Waals surface area (Å²) in [4.78, 5) is 18.5. The van der Waals surface area contributed by atoms with E-state index < -0.39 is 5.97 Å². The van der Waals surface area contributed by atoms with E-state index in [-0.39, 0.29) is 30.7 Å². The Kier molecular flexibility index (Phi) is 8.77. The van der Waals surface area contributed by atoms with Crippen molar-refractivity contribution in [2.45, 2.75) is 50.4 Å². The molecule has 1 aliphatic carbocycles. The van der Waals surface area contributed by atoms with Crippen molar-refractivity contribution in [1.29, 1.82) is 0 Å². The van der Waals surface area contributed by atoms with Crippen molar-refractivity contribution in [3.05, 3.63) is 41.9 Å². The van der Waals surface area contributed by atoms with Crippen LogP contribution >= 0.6 is 24.8 Å². The number of aryl methyl sites for hydroxylation is 1. The number of imidazole rings is 1. The second-order valence-corrected chi connectivity index (χ2v) is 8.68. The van der Waals surface area contributed by atoms with Crippen molar-refractivity contribution in [1.82, 2.24) is 14.5 Å². The molecule has 5 nitrogen and oxygen atoms in total. The van der Waals surface area contributed by atoms with Gasteiger partial charge in [-0.3, -0.25) is 4.79 Å². The first kappa shape index (κ1) is 24.7. The number of piperidine rings is 1. The number of nitrogens with zero attached hydrogens (tertiary/aromatic N) is 3. The Morgan fingerprint density at radius 1 is 0.933 bits per heavy atom. The van der Waals surface area contributed by atoms with Crippen LogP contribution in [0.4, 0.5) is 0 Å². The fraction of sp³-hybridized carbons (Fsp3) is 0.565. The van der Waals surface area contributed by atoms with Crippen LogP contribution in [0.25, 0.3) is 11.3 Å². The van der Waals surface area contributed by atoms with E-state index in [1.165, 1.54) is 31.5 Å². The van der Waals surface area contributed by atoms with Gasteiger partial charge in [0.1, 0.15) is 5.82 Å². The minimum absolute atomic E-state index is 0. The van der Waals surface area contributed by atoms with E-state index in [9.17, 15) is 9.90 Å². The van der Waals surface area contributed by atoms with Crippen LogP contribution in [0.15, 0.2) is 30.5 Å². The molecule has 166 valence electrons. The van der Waals surface area contributed by atoms with E-state index in [0.29, 0.717) is 11.8 Å². The number of carbonyl (C=O) groups is 1. The number of aliphatic carboxylic acids is 1. The lowest BCUT2D eigenvalue weighted by Gasteiger charge is -2.29. The summed E-state index contributed by atoms with van der Waals surface area (Å²) in [5.41, 5.74) is 3.63. The molecule has 4 rings (SSSR count). The minimum Gasteiger partial charge on any atom is -0.481 e. The molecule has 1 aliphatic heterocycles. The first-order chi connectivity index (χ1) is 13.5. The van der Waals surface area contributed by atoms with E-state index in [2.05, 4.69) is 54.0 Å². The van der Waals surface area contributed by atoms with Crippen molar-refractivity contribution >= 4 is 30.8 Å². The van der Waals surface area contributed by atoms with Gasteiger partial charge in [-0.05, 0) is 70.1 Å². The molecule has 0 atom stereocenters. The monoisotopic (exact) mass is 453 g/mol. The van der Waals surface area contributed by atoms with E-state index in [0.717, 1.165) is 42.8 Å². The zero-order chi connectivity index (χ0) is 19.7. The molecule has 2 aromatic rings. The van der Waals surface area contributed by atoms with Crippen LogP contribution in [0.1, 0.15) is 61.7 Å². The predicted octanol–water partition coefficient (Wildman–Crippen LogP) is 5.10. The second-order valence-electron chi connectivity index (χ2n) is 8.68. The van der Waals surface area contributed by atoms with Crippen LogP contribution in [0.2, 0.25) is 0 Å². The van der Waals surface area contributed by atoms with E-state index >= 15 is 0 Å². The highest BCUT2D eigenvalue weighted by Gasteiger charge is 2.29. The highest BCUT2D eigenvalue weighted by molar-refractivity contribution is 5.85. The summed E-state index contributed by atoms with van der Waals surface area (Å²) in [7, 11) is 4.26. The SMILES string of the molecule is CN1CCC(c2ccc(-c3cn(C)c(C4CCC(C(=O)O)CC4)n3)cc2)CC1.Cl.Cl. The summed E-state index contributed by atoms with van der Waals surface area (Å²) in [5, 5.41) is 9.21. The number of likely N-dealkylation sites (tertiary alicyclic amines) is 1. The molecular weight excluding hydrogens is 421 g/mol. The van der Waals surface area contributed by atoms with Gasteiger partial charge < -0.3 is 14.6 Å². The smallest absolute Gasteiger partial charge is 0.306 e. The van der Waals surface area contributed by atoms with Crippen LogP contribution < -0.4 is 0 Å². The van der Waals surface area contributed by atoms with Gasteiger partial charge >= 0.3 is 5.97 Å². The fourth-order valence-corrected chi connectivity index (χ4v) is 4.87. The highest BCUT2D eigenvalue weighted by atomic mass is 35.5. The summed E-state index contributed by atoms with van der Waals surface area (Å²) in [6.45, 7) is 2.36. The molecule has 1 N–H and O–H groups in total. The zero-order valence-electron chi connectivity index (χ0n) is 17.8. The predicted molar refractivity (Wildman–Crippen MR) is 125 cm³/mol. The maximum atomic E-state index is 11.2. The van der Waals surface area contributed by atoms with Gasteiger partial charge in [-0.25, -0.2) is 4.98 Å². The zero-order valence-corrected chi connectivity index (χ0v) is 19.4. The Bertz CT molecular complexity index is 821. The Morgan fingerprint density at radius 2 is 1.53 bits per heavy atom. The van der Waals surface area contributed by atoms with Gasteiger partial charge in [-0.2, -0.15) is 0 Å². The lowest BCUT2D eigenvalue weighted by molar-refractivity contribution is -0.142. The van der Waals surface area contributed by atoms with Gasteiger partial charge in [0.15, 0.2) is 0 Å². The number of rotatable bonds is 4. The van der Waals surface area contributed by atoms with Crippen molar-refractivity contribution in [3.8, 4) is 11.3 Å². The molecule has 0 radical (unpaired) electrons. The summed E-state index contributed by atoms with van der Waals surface area (Å²) in [6, 6.07) is 8.97. The highest BCUT2D eigenvalue weighted by Crippen LogP contribution is 2.36.